The first-order chi connectivity index (χ1) is 28.6. The predicted octanol–water partition coefficient (Wildman–Crippen LogP) is 6.15. The van der Waals surface area contributed by atoms with Gasteiger partial charge in [0, 0.05) is 80.9 Å². The number of hydrogen-bond donors (Lipinski definition) is 1. The molecule has 1 unspecified atom stereocenters. The Labute approximate surface area is 350 Å². The number of likely N-dealkylation sites (tertiary alicyclic amines) is 1. The molecule has 3 aromatic rings. The molecular formula is C46H50ClN7O5. The van der Waals surface area contributed by atoms with Crippen LogP contribution in [0.4, 0.5) is 17.1 Å². The van der Waals surface area contributed by atoms with Gasteiger partial charge in [-0.3, -0.25) is 34.3 Å². The number of piperidine rings is 4. The largest absolute Gasteiger partial charge is 0.490 e. The van der Waals surface area contributed by atoms with Crippen LogP contribution in [-0.2, 0) is 9.59 Å². The smallest absolute Gasteiger partial charge is 0.262 e. The summed E-state index contributed by atoms with van der Waals surface area (Å²) in [6.07, 6.45) is 10.5. The van der Waals surface area contributed by atoms with Crippen molar-refractivity contribution in [2.75, 3.05) is 60.5 Å². The van der Waals surface area contributed by atoms with E-state index < -0.39 is 23.8 Å². The van der Waals surface area contributed by atoms with Gasteiger partial charge in [0.1, 0.15) is 24.0 Å². The van der Waals surface area contributed by atoms with Gasteiger partial charge in [-0.05, 0) is 130 Å². The van der Waals surface area contributed by atoms with E-state index in [4.69, 9.17) is 16.3 Å². The molecule has 1 aliphatic carbocycles. The van der Waals surface area contributed by atoms with Crippen LogP contribution >= 0.6 is 11.6 Å². The van der Waals surface area contributed by atoms with Crippen molar-refractivity contribution in [3.05, 3.63) is 82.4 Å². The molecule has 6 heterocycles. The Morgan fingerprint density at radius 2 is 1.41 bits per heavy atom. The number of carbonyl (C=O) groups excluding carboxylic acids is 4. The summed E-state index contributed by atoms with van der Waals surface area (Å²) in [5.74, 6) is -0.982. The molecule has 4 amide bonds. The van der Waals surface area contributed by atoms with Crippen molar-refractivity contribution in [1.82, 2.24) is 15.1 Å². The fraction of sp³-hybridized carbons (Fsp3) is 0.500. The van der Waals surface area contributed by atoms with Crippen molar-refractivity contribution in [2.24, 2.45) is 5.41 Å². The van der Waals surface area contributed by atoms with Gasteiger partial charge < -0.3 is 19.4 Å². The van der Waals surface area contributed by atoms with E-state index in [9.17, 15) is 24.4 Å². The number of amides is 4. The van der Waals surface area contributed by atoms with Gasteiger partial charge in [0.25, 0.3) is 11.8 Å². The molecule has 10 rings (SSSR count). The average Bonchev–Trinajstić information content (AvgIpc) is 3.90. The van der Waals surface area contributed by atoms with Crippen LogP contribution in [0.15, 0.2) is 60.7 Å². The number of nitriles is 1. The third kappa shape index (κ3) is 7.00. The number of nitrogens with one attached hydrogen (secondary N) is 1. The highest BCUT2D eigenvalue weighted by Gasteiger charge is 2.60. The Morgan fingerprint density at radius 1 is 0.729 bits per heavy atom. The lowest BCUT2D eigenvalue weighted by molar-refractivity contribution is -0.136. The first-order valence-electron chi connectivity index (χ1n) is 21.4. The monoisotopic (exact) mass is 815 g/mol. The molecule has 7 aliphatic rings. The van der Waals surface area contributed by atoms with E-state index in [0.29, 0.717) is 33.2 Å². The van der Waals surface area contributed by atoms with Gasteiger partial charge in [-0.2, -0.15) is 5.26 Å². The molecule has 306 valence electrons. The zero-order valence-electron chi connectivity index (χ0n) is 33.3. The minimum atomic E-state index is -0.961. The van der Waals surface area contributed by atoms with Crippen molar-refractivity contribution in [2.45, 2.75) is 94.4 Å². The predicted molar refractivity (Wildman–Crippen MR) is 224 cm³/mol. The summed E-state index contributed by atoms with van der Waals surface area (Å²) >= 11 is 6.45. The molecule has 5 saturated heterocycles. The molecule has 13 heteroatoms. The van der Waals surface area contributed by atoms with Crippen LogP contribution < -0.4 is 24.8 Å². The highest BCUT2D eigenvalue weighted by atomic mass is 35.5. The number of hydrogen-bond acceptors (Lipinski definition) is 10. The summed E-state index contributed by atoms with van der Waals surface area (Å²) < 4.78 is 6.52. The first-order valence-corrected chi connectivity index (χ1v) is 21.8. The zero-order chi connectivity index (χ0) is 40.5. The highest BCUT2D eigenvalue weighted by molar-refractivity contribution is 6.32. The lowest BCUT2D eigenvalue weighted by Crippen LogP contribution is -2.54. The lowest BCUT2D eigenvalue weighted by atomic mass is 9.76. The third-order valence-electron chi connectivity index (χ3n) is 14.6. The number of ether oxygens (including phenoxy) is 1. The van der Waals surface area contributed by atoms with Gasteiger partial charge in [-0.25, -0.2) is 0 Å². The van der Waals surface area contributed by atoms with E-state index in [2.05, 4.69) is 61.3 Å². The second kappa shape index (κ2) is 14.9. The van der Waals surface area contributed by atoms with Crippen LogP contribution in [-0.4, -0.2) is 103 Å². The second-order valence-corrected chi connectivity index (χ2v) is 18.4. The number of rotatable bonds is 7. The minimum Gasteiger partial charge on any atom is -0.490 e. The number of nitrogens with zero attached hydrogens (tertiary/aromatic N) is 6. The summed E-state index contributed by atoms with van der Waals surface area (Å²) in [5.41, 5.74) is 5.09. The topological polar surface area (TPSA) is 130 Å². The normalized spacial score (nSPS) is 24.5. The molecule has 6 aliphatic heterocycles. The summed E-state index contributed by atoms with van der Waals surface area (Å²) in [7, 11) is 0. The minimum absolute atomic E-state index is 0.102. The first kappa shape index (κ1) is 38.1. The van der Waals surface area contributed by atoms with Crippen LogP contribution in [0, 0.1) is 16.7 Å². The summed E-state index contributed by atoms with van der Waals surface area (Å²) in [6.45, 7) is 6.89. The Balaban J connectivity index is 0.678. The zero-order valence-corrected chi connectivity index (χ0v) is 34.1. The second-order valence-electron chi connectivity index (χ2n) is 18.0. The maximum absolute atomic E-state index is 13.4. The summed E-state index contributed by atoms with van der Waals surface area (Å²) in [4.78, 5) is 61.7. The highest BCUT2D eigenvalue weighted by Crippen LogP contribution is 2.60. The van der Waals surface area contributed by atoms with Crippen LogP contribution in [0.2, 0.25) is 5.02 Å². The Hall–Kier alpha value is -5.12. The number of imide groups is 2. The fourth-order valence-corrected chi connectivity index (χ4v) is 11.3. The molecule has 0 radical (unpaired) electrons. The van der Waals surface area contributed by atoms with Crippen molar-refractivity contribution in [3.63, 3.8) is 0 Å². The molecular weight excluding hydrogens is 766 g/mol. The van der Waals surface area contributed by atoms with Gasteiger partial charge in [0.2, 0.25) is 11.8 Å². The Bertz CT molecular complexity index is 2230. The molecule has 12 nitrogen and oxygen atoms in total. The number of anilines is 3. The van der Waals surface area contributed by atoms with Crippen LogP contribution in [0.25, 0.3) is 0 Å². The molecule has 6 fully saturated rings. The Morgan fingerprint density at radius 3 is 2.08 bits per heavy atom. The van der Waals surface area contributed by atoms with E-state index in [1.165, 1.54) is 37.8 Å². The molecule has 59 heavy (non-hydrogen) atoms. The maximum Gasteiger partial charge on any atom is 0.262 e. The van der Waals surface area contributed by atoms with Crippen molar-refractivity contribution in [3.8, 4) is 11.8 Å². The fourth-order valence-electron chi connectivity index (χ4n) is 11.1. The van der Waals surface area contributed by atoms with E-state index in [1.54, 1.807) is 12.1 Å². The van der Waals surface area contributed by atoms with Gasteiger partial charge >= 0.3 is 0 Å². The van der Waals surface area contributed by atoms with Crippen LogP contribution in [0.5, 0.6) is 5.75 Å². The molecule has 0 bridgehead atoms. The number of fused-ring (bicyclic) bond motifs is 1. The average molecular weight is 816 g/mol. The van der Waals surface area contributed by atoms with E-state index in [1.807, 2.05) is 18.2 Å². The summed E-state index contributed by atoms with van der Waals surface area (Å²) in [6, 6.07) is 21.8. The standard InChI is InChI=1S/C46H50ClN7O5/c47-39-26-34(2-1-30(39)27-48)53-29-45(28-46(53)15-16-46)17-23-52(24-18-45)31-3-6-35(7-4-31)59-36-13-21-50(22-14-36)32-11-19-51(20-12-32)33-5-8-37-38(25-33)44(58)54(43(37)57)40-9-10-41(55)49-42(40)56/h1-8,25-26,32,36,40H,9-24,28-29H2,(H,49,55,56). The van der Waals surface area contributed by atoms with Gasteiger partial charge in [-0.1, -0.05) is 11.6 Å². The molecule has 1 atom stereocenters. The lowest BCUT2D eigenvalue weighted by Gasteiger charge is -2.42. The number of carbonyl (C=O) groups is 4. The maximum atomic E-state index is 13.4. The van der Waals surface area contributed by atoms with Gasteiger partial charge in [-0.15, -0.1) is 0 Å². The number of benzene rings is 3. The molecule has 0 aromatic heterocycles. The van der Waals surface area contributed by atoms with Crippen LogP contribution in [0.3, 0.4) is 0 Å². The SMILES string of the molecule is N#Cc1ccc(N2CC3(CCN(c4ccc(OC5CCN(C6CCN(c7ccc8c(c7)C(=O)N(C7CCC(=O)NC7=O)C8=O)CC6)CC5)cc4)CC3)CC23CC3)cc1Cl. The third-order valence-corrected chi connectivity index (χ3v) is 14.9. The Kier molecular flexibility index (Phi) is 9.59. The van der Waals surface area contributed by atoms with E-state index in [0.717, 1.165) is 93.5 Å². The van der Waals surface area contributed by atoms with Crippen molar-refractivity contribution >= 4 is 52.3 Å². The van der Waals surface area contributed by atoms with E-state index in [-0.39, 0.29) is 30.4 Å². The van der Waals surface area contributed by atoms with Crippen LogP contribution in [0.1, 0.15) is 96.9 Å². The van der Waals surface area contributed by atoms with Gasteiger partial charge in [0.15, 0.2) is 0 Å². The summed E-state index contributed by atoms with van der Waals surface area (Å²) in [5, 5.41) is 12.2. The van der Waals surface area contributed by atoms with Crippen molar-refractivity contribution in [1.29, 1.82) is 5.26 Å². The van der Waals surface area contributed by atoms with Crippen molar-refractivity contribution < 1.29 is 23.9 Å². The molecule has 1 saturated carbocycles. The quantitative estimate of drug-likeness (QED) is 0.277. The van der Waals surface area contributed by atoms with Gasteiger partial charge in [0.05, 0.1) is 21.7 Å². The number of halogens is 1. The molecule has 3 aromatic carbocycles. The molecule has 2 spiro atoms. The molecule has 1 N–H and O–H groups in total. The van der Waals surface area contributed by atoms with E-state index >= 15 is 0 Å².